The Labute approximate surface area is 280 Å². The van der Waals surface area contributed by atoms with E-state index < -0.39 is 29.5 Å². The van der Waals surface area contributed by atoms with Crippen LogP contribution in [0.1, 0.15) is 33.9 Å². The second kappa shape index (κ2) is 11.8. The first-order valence-electron chi connectivity index (χ1n) is 16.7. The summed E-state index contributed by atoms with van der Waals surface area (Å²) in [6.07, 6.45) is 1.71. The van der Waals surface area contributed by atoms with Gasteiger partial charge in [0.1, 0.15) is 0 Å². The minimum Gasteiger partial charge on any atom is -0.392 e. The highest BCUT2D eigenvalue weighted by molar-refractivity contribution is 5.95. The molecule has 1 saturated carbocycles. The third kappa shape index (κ3) is 4.75. The van der Waals surface area contributed by atoms with Gasteiger partial charge < -0.3 is 15.1 Å². The first kappa shape index (κ1) is 30.2. The lowest BCUT2D eigenvalue weighted by molar-refractivity contribution is -0.0952. The highest BCUT2D eigenvalue weighted by Gasteiger charge is 2.54. The molecule has 0 bridgehead atoms. The van der Waals surface area contributed by atoms with Gasteiger partial charge in [0.05, 0.1) is 17.9 Å². The number of hydrogen-bond acceptors (Lipinski definition) is 4. The van der Waals surface area contributed by atoms with E-state index in [1.165, 1.54) is 32.1 Å². The zero-order valence-corrected chi connectivity index (χ0v) is 27.1. The van der Waals surface area contributed by atoms with Gasteiger partial charge in [-0.1, -0.05) is 115 Å². The van der Waals surface area contributed by atoms with Gasteiger partial charge in [-0.2, -0.15) is 0 Å². The molecule has 3 N–H and O–H groups in total. The van der Waals surface area contributed by atoms with Crippen LogP contribution < -0.4 is 10.5 Å². The van der Waals surface area contributed by atoms with Crippen molar-refractivity contribution < 1.29 is 10.2 Å². The van der Waals surface area contributed by atoms with E-state index in [0.717, 1.165) is 24.2 Å². The lowest BCUT2D eigenvalue weighted by Gasteiger charge is -2.46. The van der Waals surface area contributed by atoms with Gasteiger partial charge in [-0.25, -0.2) is 4.68 Å². The summed E-state index contributed by atoms with van der Waals surface area (Å²) >= 11 is 0. The normalized spacial score (nSPS) is 22.2. The Balaban J connectivity index is 1.27. The Morgan fingerprint density at radius 1 is 0.750 bits per heavy atom. The summed E-state index contributed by atoms with van der Waals surface area (Å²) in [7, 11) is 2.10. The highest BCUT2D eigenvalue weighted by Crippen LogP contribution is 2.55. The van der Waals surface area contributed by atoms with E-state index in [4.69, 9.17) is 0 Å². The van der Waals surface area contributed by atoms with Crippen LogP contribution in [0.15, 0.2) is 144 Å². The Bertz CT molecular complexity index is 2130. The van der Waals surface area contributed by atoms with Crippen molar-refractivity contribution in [2.45, 2.75) is 43.3 Å². The number of aryl methyl sites for hydroxylation is 1. The maximum absolute atomic E-state index is 13.7. The van der Waals surface area contributed by atoms with E-state index >= 15 is 0 Å². The molecule has 6 aromatic rings. The maximum atomic E-state index is 13.7. The highest BCUT2D eigenvalue weighted by atomic mass is 16.3. The van der Waals surface area contributed by atoms with Crippen LogP contribution in [-0.4, -0.2) is 39.2 Å². The fourth-order valence-electron chi connectivity index (χ4n) is 8.37. The fourth-order valence-corrected chi connectivity index (χ4v) is 8.37. The van der Waals surface area contributed by atoms with Gasteiger partial charge in [-0.15, -0.1) is 0 Å². The van der Waals surface area contributed by atoms with Crippen LogP contribution in [0, 0.1) is 12.8 Å². The number of H-pyrrole nitrogens is 1. The molecule has 2 atom stereocenters. The summed E-state index contributed by atoms with van der Waals surface area (Å²) in [6.45, 7) is 1.83. The van der Waals surface area contributed by atoms with Crippen molar-refractivity contribution in [3.8, 4) is 5.69 Å². The van der Waals surface area contributed by atoms with Gasteiger partial charge in [0.25, 0.3) is 5.56 Å². The quantitative estimate of drug-likeness (QED) is 0.180. The van der Waals surface area contributed by atoms with Crippen molar-refractivity contribution in [3.05, 3.63) is 177 Å². The maximum Gasteiger partial charge on any atom is 0.275 e. The monoisotopic (exact) mass is 633 g/mol. The van der Waals surface area contributed by atoms with Gasteiger partial charge in [0, 0.05) is 46.9 Å². The molecular formula is C42H39N3O3. The number of aliphatic hydroxyl groups is 2. The molecule has 1 aliphatic heterocycles. The molecule has 2 aliphatic rings. The standard InChI is InChI=1S/C42H39N3O3/c1-27-36(41(48)45(43-27)31-19-10-5-11-20-31)37-39(46)33(40(37)47)24-35-42(25-28-14-6-3-7-15-28,26-29-16-8-4-9-17-29)38-32-21-13-12-18-30(32)22-23-34(38)44(35)2/h3-24,33,37,39-40,43,46-47H,25-26H2,1-2H3. The summed E-state index contributed by atoms with van der Waals surface area (Å²) < 4.78 is 1.49. The van der Waals surface area contributed by atoms with E-state index in [1.54, 1.807) is 0 Å². The molecule has 5 aromatic carbocycles. The minimum absolute atomic E-state index is 0.243. The number of aromatic nitrogens is 2. The van der Waals surface area contributed by atoms with Crippen LogP contribution in [0.4, 0.5) is 5.69 Å². The molecule has 2 heterocycles. The number of aromatic amines is 1. The molecule has 0 spiro atoms. The molecule has 8 rings (SSSR count). The first-order valence-corrected chi connectivity index (χ1v) is 16.7. The van der Waals surface area contributed by atoms with Gasteiger partial charge in [-0.05, 0) is 65.4 Å². The van der Waals surface area contributed by atoms with E-state index in [9.17, 15) is 15.0 Å². The number of likely N-dealkylation sites (N-methyl/N-ethyl adjacent to an activating group) is 1. The molecule has 6 nitrogen and oxygen atoms in total. The number of hydrogen-bond donors (Lipinski definition) is 3. The number of aliphatic hydroxyl groups excluding tert-OH is 2. The number of rotatable bonds is 7. The Kier molecular flexibility index (Phi) is 7.43. The number of para-hydroxylation sites is 1. The van der Waals surface area contributed by atoms with Gasteiger partial charge in [0.2, 0.25) is 0 Å². The van der Waals surface area contributed by atoms with Crippen molar-refractivity contribution in [1.82, 2.24) is 9.78 Å². The topological polar surface area (TPSA) is 81.5 Å². The number of anilines is 1. The fraction of sp³-hybridized carbons (Fsp3) is 0.214. The lowest BCUT2D eigenvalue weighted by atomic mass is 9.63. The van der Waals surface area contributed by atoms with Crippen molar-refractivity contribution >= 4 is 16.5 Å². The lowest BCUT2D eigenvalue weighted by Crippen LogP contribution is -2.54. The molecule has 48 heavy (non-hydrogen) atoms. The SMILES string of the molecule is Cc1[nH]n(-c2ccccc2)c(=O)c1C1C(O)C(C=C2N(C)c3ccc4ccccc4c3C2(Cc2ccccc2)Cc2ccccc2)C1O. The van der Waals surface area contributed by atoms with Crippen molar-refractivity contribution in [3.63, 3.8) is 0 Å². The molecule has 6 heteroatoms. The molecular weight excluding hydrogens is 594 g/mol. The number of nitrogens with zero attached hydrogens (tertiary/aromatic N) is 2. The summed E-state index contributed by atoms with van der Waals surface area (Å²) in [6, 6.07) is 43.5. The van der Waals surface area contributed by atoms with Crippen LogP contribution in [-0.2, 0) is 18.3 Å². The smallest absolute Gasteiger partial charge is 0.275 e. The third-order valence-electron chi connectivity index (χ3n) is 10.6. The van der Waals surface area contributed by atoms with Crippen LogP contribution in [0.5, 0.6) is 0 Å². The van der Waals surface area contributed by atoms with E-state index in [0.29, 0.717) is 16.9 Å². The minimum atomic E-state index is -0.932. The van der Waals surface area contributed by atoms with E-state index in [-0.39, 0.29) is 5.56 Å². The Morgan fingerprint density at radius 2 is 1.31 bits per heavy atom. The second-order valence-corrected chi connectivity index (χ2v) is 13.4. The molecule has 0 saturated heterocycles. The summed E-state index contributed by atoms with van der Waals surface area (Å²) in [5.74, 6) is -1.26. The van der Waals surface area contributed by atoms with Crippen LogP contribution in [0.2, 0.25) is 0 Å². The predicted octanol–water partition coefficient (Wildman–Crippen LogP) is 6.82. The largest absolute Gasteiger partial charge is 0.392 e. The summed E-state index contributed by atoms with van der Waals surface area (Å²) in [4.78, 5) is 15.9. The Morgan fingerprint density at radius 3 is 1.94 bits per heavy atom. The summed E-state index contributed by atoms with van der Waals surface area (Å²) in [5.41, 5.74) is 6.91. The first-order chi connectivity index (χ1) is 23.4. The third-order valence-corrected chi connectivity index (χ3v) is 10.6. The van der Waals surface area contributed by atoms with E-state index in [2.05, 4.69) is 108 Å². The zero-order chi connectivity index (χ0) is 33.0. The van der Waals surface area contributed by atoms with Gasteiger partial charge >= 0.3 is 0 Å². The molecule has 240 valence electrons. The molecule has 1 aliphatic carbocycles. The molecule has 1 fully saturated rings. The number of fused-ring (bicyclic) bond motifs is 3. The van der Waals surface area contributed by atoms with Crippen LogP contribution in [0.3, 0.4) is 0 Å². The van der Waals surface area contributed by atoms with Crippen LogP contribution in [0.25, 0.3) is 16.5 Å². The van der Waals surface area contributed by atoms with E-state index in [1.807, 2.05) is 49.4 Å². The van der Waals surface area contributed by atoms with Crippen LogP contribution >= 0.6 is 0 Å². The predicted molar refractivity (Wildman–Crippen MR) is 192 cm³/mol. The number of benzene rings is 5. The van der Waals surface area contributed by atoms with Crippen molar-refractivity contribution in [2.24, 2.45) is 5.92 Å². The Hall–Kier alpha value is -5.17. The van der Waals surface area contributed by atoms with Gasteiger partial charge in [-0.3, -0.25) is 9.89 Å². The van der Waals surface area contributed by atoms with Crippen molar-refractivity contribution in [2.75, 3.05) is 11.9 Å². The van der Waals surface area contributed by atoms with Gasteiger partial charge in [0.15, 0.2) is 0 Å². The molecule has 1 aromatic heterocycles. The average molecular weight is 634 g/mol. The number of nitrogens with one attached hydrogen (secondary N) is 1. The summed E-state index contributed by atoms with van der Waals surface area (Å²) in [5, 5.41) is 29.2. The molecule has 0 amide bonds. The molecule has 0 radical (unpaired) electrons. The average Bonchev–Trinajstić information content (AvgIpc) is 3.53. The second-order valence-electron chi connectivity index (χ2n) is 13.4. The number of allylic oxidation sites excluding steroid dienone is 1. The molecule has 2 unspecified atom stereocenters. The zero-order valence-electron chi connectivity index (χ0n) is 27.1. The van der Waals surface area contributed by atoms with Crippen molar-refractivity contribution in [1.29, 1.82) is 0 Å².